The second-order valence-electron chi connectivity index (χ2n) is 6.17. The molecule has 1 aliphatic heterocycles. The summed E-state index contributed by atoms with van der Waals surface area (Å²) < 4.78 is 0. The predicted octanol–water partition coefficient (Wildman–Crippen LogP) is 2.85. The number of hydrogen-bond donors (Lipinski definition) is 2. The van der Waals surface area contributed by atoms with Gasteiger partial charge in [-0.1, -0.05) is 30.3 Å². The second kappa shape index (κ2) is 6.42. The number of carbonyl (C=O) groups excluding carboxylic acids is 1. The summed E-state index contributed by atoms with van der Waals surface area (Å²) in [5, 5.41) is 8.57. The number of nitrogens with zero attached hydrogens (tertiary/aromatic N) is 1. The Bertz CT molecular complexity index is 891. The largest absolute Gasteiger partial charge is 0.351 e. The van der Waals surface area contributed by atoms with Crippen molar-refractivity contribution in [3.63, 3.8) is 0 Å². The van der Waals surface area contributed by atoms with E-state index in [1.165, 1.54) is 11.1 Å². The van der Waals surface area contributed by atoms with Gasteiger partial charge in [-0.05, 0) is 34.7 Å². The molecule has 4 nitrogen and oxygen atoms in total. The molecule has 1 amide bonds. The van der Waals surface area contributed by atoms with E-state index in [4.69, 9.17) is 0 Å². The van der Waals surface area contributed by atoms with Crippen LogP contribution in [0, 0.1) is 0 Å². The Morgan fingerprint density at radius 3 is 3.04 bits per heavy atom. The van der Waals surface area contributed by atoms with Gasteiger partial charge in [0.15, 0.2) is 0 Å². The SMILES string of the molecule is O=C(NCC1CNCc2ccccc21)c1ccc2cnccc2c1. The zero-order valence-corrected chi connectivity index (χ0v) is 13.3. The molecule has 0 spiro atoms. The average Bonchev–Trinajstić information content (AvgIpc) is 2.65. The Balaban J connectivity index is 1.48. The minimum Gasteiger partial charge on any atom is -0.351 e. The third-order valence-corrected chi connectivity index (χ3v) is 4.61. The normalized spacial score (nSPS) is 16.6. The van der Waals surface area contributed by atoms with Gasteiger partial charge < -0.3 is 10.6 Å². The molecule has 0 saturated carbocycles. The zero-order chi connectivity index (χ0) is 16.4. The van der Waals surface area contributed by atoms with Crippen LogP contribution in [0.25, 0.3) is 10.8 Å². The first-order valence-electron chi connectivity index (χ1n) is 8.22. The Hall–Kier alpha value is -2.72. The van der Waals surface area contributed by atoms with Gasteiger partial charge >= 0.3 is 0 Å². The molecule has 0 aliphatic carbocycles. The van der Waals surface area contributed by atoms with Crippen molar-refractivity contribution in [2.24, 2.45) is 0 Å². The van der Waals surface area contributed by atoms with E-state index in [1.54, 1.807) is 6.20 Å². The monoisotopic (exact) mass is 317 g/mol. The van der Waals surface area contributed by atoms with Gasteiger partial charge in [-0.3, -0.25) is 9.78 Å². The summed E-state index contributed by atoms with van der Waals surface area (Å²) in [5.74, 6) is 0.278. The summed E-state index contributed by atoms with van der Waals surface area (Å²) in [6.45, 7) is 2.43. The van der Waals surface area contributed by atoms with Crippen LogP contribution in [0.4, 0.5) is 0 Å². The molecule has 24 heavy (non-hydrogen) atoms. The molecule has 120 valence electrons. The number of pyridine rings is 1. The van der Waals surface area contributed by atoms with E-state index >= 15 is 0 Å². The highest BCUT2D eigenvalue weighted by Crippen LogP contribution is 2.23. The quantitative estimate of drug-likeness (QED) is 0.781. The number of carbonyl (C=O) groups is 1. The van der Waals surface area contributed by atoms with Gasteiger partial charge in [0.2, 0.25) is 0 Å². The van der Waals surface area contributed by atoms with Gasteiger partial charge in [-0.25, -0.2) is 0 Å². The highest BCUT2D eigenvalue weighted by Gasteiger charge is 2.20. The van der Waals surface area contributed by atoms with Crippen LogP contribution in [-0.4, -0.2) is 24.0 Å². The van der Waals surface area contributed by atoms with E-state index in [9.17, 15) is 4.79 Å². The van der Waals surface area contributed by atoms with Crippen LogP contribution in [0.3, 0.4) is 0 Å². The number of nitrogens with one attached hydrogen (secondary N) is 2. The van der Waals surface area contributed by atoms with E-state index in [0.29, 0.717) is 18.0 Å². The number of amides is 1. The first kappa shape index (κ1) is 14.8. The molecule has 1 aromatic heterocycles. The number of fused-ring (bicyclic) bond motifs is 2. The molecule has 2 heterocycles. The molecule has 1 unspecified atom stereocenters. The van der Waals surface area contributed by atoms with Gasteiger partial charge in [0.1, 0.15) is 0 Å². The Morgan fingerprint density at radius 1 is 1.17 bits per heavy atom. The number of aromatic nitrogens is 1. The maximum atomic E-state index is 12.5. The molecule has 1 aliphatic rings. The van der Waals surface area contributed by atoms with E-state index in [0.717, 1.165) is 23.9 Å². The minimum atomic E-state index is -0.0308. The average molecular weight is 317 g/mol. The van der Waals surface area contributed by atoms with Gasteiger partial charge in [-0.2, -0.15) is 0 Å². The molecule has 0 saturated heterocycles. The van der Waals surface area contributed by atoms with Crippen LogP contribution < -0.4 is 10.6 Å². The Morgan fingerprint density at radius 2 is 2.08 bits per heavy atom. The van der Waals surface area contributed by atoms with Crippen molar-refractivity contribution >= 4 is 16.7 Å². The molecule has 2 aromatic carbocycles. The molecule has 3 aromatic rings. The molecule has 0 radical (unpaired) electrons. The lowest BCUT2D eigenvalue weighted by molar-refractivity contribution is 0.0951. The van der Waals surface area contributed by atoms with Gasteiger partial charge in [0.05, 0.1) is 0 Å². The van der Waals surface area contributed by atoms with Crippen molar-refractivity contribution in [3.05, 3.63) is 77.6 Å². The van der Waals surface area contributed by atoms with Gasteiger partial charge in [0.25, 0.3) is 5.91 Å². The summed E-state index contributed by atoms with van der Waals surface area (Å²) in [5.41, 5.74) is 3.34. The molecular formula is C20H19N3O. The molecule has 0 bridgehead atoms. The van der Waals surface area contributed by atoms with E-state index in [-0.39, 0.29) is 5.91 Å². The fraction of sp³-hybridized carbons (Fsp3) is 0.200. The predicted molar refractivity (Wildman–Crippen MR) is 95.0 cm³/mol. The standard InChI is InChI=1S/C20H19N3O/c24-20(15-5-6-16-10-21-8-7-14(16)9-15)23-13-18-12-22-11-17-3-1-2-4-19(17)18/h1-10,18,22H,11-13H2,(H,23,24). The molecule has 4 heteroatoms. The van der Waals surface area contributed by atoms with E-state index < -0.39 is 0 Å². The first-order valence-corrected chi connectivity index (χ1v) is 8.22. The van der Waals surface area contributed by atoms with Crippen LogP contribution in [0.2, 0.25) is 0 Å². The number of benzene rings is 2. The summed E-state index contributed by atoms with van der Waals surface area (Å²) in [7, 11) is 0. The number of rotatable bonds is 3. The summed E-state index contributed by atoms with van der Waals surface area (Å²) >= 11 is 0. The van der Waals surface area contributed by atoms with Gasteiger partial charge in [0, 0.05) is 48.9 Å². The highest BCUT2D eigenvalue weighted by atomic mass is 16.1. The van der Waals surface area contributed by atoms with Crippen LogP contribution >= 0.6 is 0 Å². The molecule has 2 N–H and O–H groups in total. The zero-order valence-electron chi connectivity index (χ0n) is 13.3. The van der Waals surface area contributed by atoms with Crippen LogP contribution in [0.1, 0.15) is 27.4 Å². The first-order chi connectivity index (χ1) is 11.8. The van der Waals surface area contributed by atoms with Crippen molar-refractivity contribution in [1.82, 2.24) is 15.6 Å². The van der Waals surface area contributed by atoms with Gasteiger partial charge in [-0.15, -0.1) is 0 Å². The van der Waals surface area contributed by atoms with Crippen molar-refractivity contribution in [2.45, 2.75) is 12.5 Å². The van der Waals surface area contributed by atoms with Crippen molar-refractivity contribution in [3.8, 4) is 0 Å². The molecule has 1 atom stereocenters. The molecular weight excluding hydrogens is 298 g/mol. The summed E-state index contributed by atoms with van der Waals surface area (Å²) in [4.78, 5) is 16.6. The Kier molecular flexibility index (Phi) is 3.97. The lowest BCUT2D eigenvalue weighted by Crippen LogP contribution is -2.36. The highest BCUT2D eigenvalue weighted by molar-refractivity contribution is 5.98. The number of hydrogen-bond acceptors (Lipinski definition) is 3. The Labute approximate surface area is 140 Å². The summed E-state index contributed by atoms with van der Waals surface area (Å²) in [6, 6.07) is 16.1. The van der Waals surface area contributed by atoms with Crippen molar-refractivity contribution in [1.29, 1.82) is 0 Å². The van der Waals surface area contributed by atoms with Crippen LogP contribution in [0.15, 0.2) is 60.9 Å². The topological polar surface area (TPSA) is 54.0 Å². The molecule has 0 fully saturated rings. The summed E-state index contributed by atoms with van der Waals surface area (Å²) in [6.07, 6.45) is 3.55. The minimum absolute atomic E-state index is 0.0308. The second-order valence-corrected chi connectivity index (χ2v) is 6.17. The maximum Gasteiger partial charge on any atom is 0.251 e. The lowest BCUT2D eigenvalue weighted by atomic mass is 9.91. The lowest BCUT2D eigenvalue weighted by Gasteiger charge is -2.26. The third kappa shape index (κ3) is 2.88. The van der Waals surface area contributed by atoms with Crippen molar-refractivity contribution < 1.29 is 4.79 Å². The van der Waals surface area contributed by atoms with Crippen molar-refractivity contribution in [2.75, 3.05) is 13.1 Å². The van der Waals surface area contributed by atoms with E-state index in [1.807, 2.05) is 30.5 Å². The smallest absolute Gasteiger partial charge is 0.251 e. The molecule has 4 rings (SSSR count). The van der Waals surface area contributed by atoms with E-state index in [2.05, 4.69) is 39.9 Å². The van der Waals surface area contributed by atoms with Crippen LogP contribution in [0.5, 0.6) is 0 Å². The van der Waals surface area contributed by atoms with Crippen LogP contribution in [-0.2, 0) is 6.54 Å². The fourth-order valence-corrected chi connectivity index (χ4v) is 3.31. The fourth-order valence-electron chi connectivity index (χ4n) is 3.31. The maximum absolute atomic E-state index is 12.5. The third-order valence-electron chi connectivity index (χ3n) is 4.61.